The summed E-state index contributed by atoms with van der Waals surface area (Å²) in [6.07, 6.45) is 1.69. The predicted molar refractivity (Wildman–Crippen MR) is 86.7 cm³/mol. The molecule has 1 rings (SSSR count). The Morgan fingerprint density at radius 2 is 2.32 bits per heavy atom. The molecule has 1 aromatic rings. The topological polar surface area (TPSA) is 76.7 Å². The van der Waals surface area contributed by atoms with Gasteiger partial charge in [0.1, 0.15) is 0 Å². The van der Waals surface area contributed by atoms with E-state index in [1.807, 2.05) is 6.07 Å². The van der Waals surface area contributed by atoms with Gasteiger partial charge < -0.3 is 15.8 Å². The second-order valence-electron chi connectivity index (χ2n) is 3.56. The van der Waals surface area contributed by atoms with Gasteiger partial charge in [-0.05, 0) is 17.7 Å². The second-order valence-corrected chi connectivity index (χ2v) is 3.56. The molecule has 0 fully saturated rings. The first-order chi connectivity index (χ1) is 8.67. The number of nitrogens with zero attached hydrogens (tertiary/aromatic N) is 1. The molecule has 0 spiro atoms. The first-order valence-corrected chi connectivity index (χ1v) is 5.49. The molecule has 0 heterocycles. The Morgan fingerprint density at radius 3 is 2.95 bits per heavy atom. The van der Waals surface area contributed by atoms with E-state index in [2.05, 4.69) is 21.6 Å². The molecule has 0 radical (unpaired) electrons. The molecule has 0 bridgehead atoms. The van der Waals surface area contributed by atoms with Crippen LogP contribution >= 0.6 is 24.0 Å². The first-order valence-electron chi connectivity index (χ1n) is 5.49. The predicted octanol–water partition coefficient (Wildman–Crippen LogP) is 1.68. The lowest BCUT2D eigenvalue weighted by molar-refractivity contribution is 0.0600. The number of methoxy groups -OCH3 is 1. The average Bonchev–Trinajstić information content (AvgIpc) is 2.42. The van der Waals surface area contributed by atoms with Crippen molar-refractivity contribution in [3.63, 3.8) is 0 Å². The van der Waals surface area contributed by atoms with Gasteiger partial charge in [0.05, 0.1) is 19.2 Å². The maximum Gasteiger partial charge on any atom is 0.337 e. The number of carbonyl (C=O) groups is 1. The summed E-state index contributed by atoms with van der Waals surface area (Å²) in [5.41, 5.74) is 7.02. The van der Waals surface area contributed by atoms with Gasteiger partial charge in [0.15, 0.2) is 5.96 Å². The molecule has 0 unspecified atom stereocenters. The largest absolute Gasteiger partial charge is 0.465 e. The Kier molecular flexibility index (Phi) is 8.60. The second kappa shape index (κ2) is 9.37. The average molecular weight is 375 g/mol. The molecular formula is C13H18IN3O2. The van der Waals surface area contributed by atoms with Crippen molar-refractivity contribution in [2.24, 2.45) is 10.7 Å². The van der Waals surface area contributed by atoms with E-state index >= 15 is 0 Å². The fourth-order valence-electron chi connectivity index (χ4n) is 1.32. The van der Waals surface area contributed by atoms with Crippen molar-refractivity contribution in [3.05, 3.63) is 48.0 Å². The van der Waals surface area contributed by atoms with Gasteiger partial charge in [-0.2, -0.15) is 0 Å². The highest BCUT2D eigenvalue weighted by Crippen LogP contribution is 2.07. The number of rotatable bonds is 5. The van der Waals surface area contributed by atoms with Gasteiger partial charge in [-0.1, -0.05) is 18.2 Å². The Labute approximate surface area is 130 Å². The lowest BCUT2D eigenvalue weighted by Gasteiger charge is -2.04. The fraction of sp³-hybridized carbons (Fsp3) is 0.231. The smallest absolute Gasteiger partial charge is 0.337 e. The normalized spacial score (nSPS) is 10.3. The minimum atomic E-state index is -0.362. The zero-order valence-corrected chi connectivity index (χ0v) is 13.1. The van der Waals surface area contributed by atoms with Crippen LogP contribution in [0.15, 0.2) is 41.9 Å². The minimum absolute atomic E-state index is 0. The quantitative estimate of drug-likeness (QED) is 0.270. The summed E-state index contributed by atoms with van der Waals surface area (Å²) in [5, 5.41) is 2.87. The lowest BCUT2D eigenvalue weighted by Crippen LogP contribution is -2.31. The summed E-state index contributed by atoms with van der Waals surface area (Å²) in [6, 6.07) is 7.08. The molecule has 19 heavy (non-hydrogen) atoms. The molecule has 5 nitrogen and oxygen atoms in total. The van der Waals surface area contributed by atoms with Crippen LogP contribution in [0, 0.1) is 0 Å². The Bertz CT molecular complexity index is 461. The molecule has 0 aliphatic carbocycles. The van der Waals surface area contributed by atoms with E-state index in [0.29, 0.717) is 24.6 Å². The molecule has 0 aliphatic rings. The fourth-order valence-corrected chi connectivity index (χ4v) is 1.32. The number of aliphatic imine (C=N–C) groups is 1. The summed E-state index contributed by atoms with van der Waals surface area (Å²) >= 11 is 0. The maximum atomic E-state index is 11.3. The van der Waals surface area contributed by atoms with Gasteiger partial charge in [0, 0.05) is 6.54 Å². The number of hydrogen-bond acceptors (Lipinski definition) is 3. The summed E-state index contributed by atoms with van der Waals surface area (Å²) < 4.78 is 4.65. The van der Waals surface area contributed by atoms with Crippen LogP contribution in [-0.4, -0.2) is 25.6 Å². The molecule has 0 saturated heterocycles. The summed E-state index contributed by atoms with van der Waals surface area (Å²) in [6.45, 7) is 4.54. The van der Waals surface area contributed by atoms with Crippen molar-refractivity contribution >= 4 is 35.9 Å². The molecule has 0 amide bonds. The van der Waals surface area contributed by atoms with Gasteiger partial charge in [-0.15, -0.1) is 30.6 Å². The van der Waals surface area contributed by atoms with Crippen molar-refractivity contribution in [1.82, 2.24) is 5.32 Å². The lowest BCUT2D eigenvalue weighted by atomic mass is 10.1. The standard InChI is InChI=1S/C13H17N3O2.HI/c1-3-7-15-13(14)16-9-10-5-4-6-11(8-10)12(17)18-2;/h3-6,8H,1,7,9H2,2H3,(H3,14,15,16);1H. The van der Waals surface area contributed by atoms with Crippen molar-refractivity contribution < 1.29 is 9.53 Å². The minimum Gasteiger partial charge on any atom is -0.465 e. The summed E-state index contributed by atoms with van der Waals surface area (Å²) in [4.78, 5) is 15.5. The first kappa shape index (κ1) is 17.4. The molecule has 0 aliphatic heterocycles. The van der Waals surface area contributed by atoms with Gasteiger partial charge in [-0.25, -0.2) is 9.79 Å². The van der Waals surface area contributed by atoms with Gasteiger partial charge in [0.25, 0.3) is 0 Å². The van der Waals surface area contributed by atoms with Crippen molar-refractivity contribution in [2.45, 2.75) is 6.54 Å². The van der Waals surface area contributed by atoms with Crippen molar-refractivity contribution in [2.75, 3.05) is 13.7 Å². The van der Waals surface area contributed by atoms with Crippen LogP contribution in [0.4, 0.5) is 0 Å². The maximum absolute atomic E-state index is 11.3. The van der Waals surface area contributed by atoms with E-state index in [-0.39, 0.29) is 29.9 Å². The third-order valence-corrected chi connectivity index (χ3v) is 2.21. The van der Waals surface area contributed by atoms with Crippen LogP contribution in [-0.2, 0) is 11.3 Å². The number of benzene rings is 1. The molecule has 6 heteroatoms. The molecular weight excluding hydrogens is 357 g/mol. The summed E-state index contributed by atoms with van der Waals surface area (Å²) in [5.74, 6) is -0.0167. The summed E-state index contributed by atoms with van der Waals surface area (Å²) in [7, 11) is 1.35. The number of nitrogens with two attached hydrogens (primary N) is 1. The SMILES string of the molecule is C=CCNC(N)=NCc1cccc(C(=O)OC)c1.I. The van der Waals surface area contributed by atoms with E-state index in [4.69, 9.17) is 5.73 Å². The van der Waals surface area contributed by atoms with Crippen LogP contribution in [0.5, 0.6) is 0 Å². The van der Waals surface area contributed by atoms with E-state index in [0.717, 1.165) is 5.56 Å². The Hall–Kier alpha value is -1.57. The van der Waals surface area contributed by atoms with Crippen LogP contribution in [0.3, 0.4) is 0 Å². The highest BCUT2D eigenvalue weighted by Gasteiger charge is 2.04. The van der Waals surface area contributed by atoms with Crippen LogP contribution in [0.2, 0.25) is 0 Å². The molecule has 1 aromatic carbocycles. The van der Waals surface area contributed by atoms with Gasteiger partial charge in [0.2, 0.25) is 0 Å². The zero-order chi connectivity index (χ0) is 13.4. The van der Waals surface area contributed by atoms with Crippen molar-refractivity contribution in [3.8, 4) is 0 Å². The van der Waals surface area contributed by atoms with Crippen LogP contribution in [0.25, 0.3) is 0 Å². The van der Waals surface area contributed by atoms with E-state index in [1.54, 1.807) is 24.3 Å². The number of guanidine groups is 1. The van der Waals surface area contributed by atoms with E-state index < -0.39 is 0 Å². The van der Waals surface area contributed by atoms with Gasteiger partial charge >= 0.3 is 5.97 Å². The number of halogens is 1. The Balaban J connectivity index is 0.00000324. The molecule has 0 atom stereocenters. The van der Waals surface area contributed by atoms with Crippen LogP contribution in [0.1, 0.15) is 15.9 Å². The highest BCUT2D eigenvalue weighted by molar-refractivity contribution is 14.0. The molecule has 3 N–H and O–H groups in total. The Morgan fingerprint density at radius 1 is 1.58 bits per heavy atom. The molecule has 104 valence electrons. The molecule has 0 saturated carbocycles. The third kappa shape index (κ3) is 6.23. The van der Waals surface area contributed by atoms with Crippen molar-refractivity contribution in [1.29, 1.82) is 0 Å². The van der Waals surface area contributed by atoms with Gasteiger partial charge in [-0.3, -0.25) is 0 Å². The number of hydrogen-bond donors (Lipinski definition) is 2. The monoisotopic (exact) mass is 375 g/mol. The van der Waals surface area contributed by atoms with E-state index in [9.17, 15) is 4.79 Å². The number of esters is 1. The number of ether oxygens (including phenoxy) is 1. The number of carbonyl (C=O) groups excluding carboxylic acids is 1. The molecule has 0 aromatic heterocycles. The third-order valence-electron chi connectivity index (χ3n) is 2.21. The van der Waals surface area contributed by atoms with Crippen LogP contribution < -0.4 is 11.1 Å². The highest BCUT2D eigenvalue weighted by atomic mass is 127. The number of nitrogens with one attached hydrogen (secondary N) is 1. The van der Waals surface area contributed by atoms with E-state index in [1.165, 1.54) is 7.11 Å². The zero-order valence-electron chi connectivity index (χ0n) is 10.8.